The predicted octanol–water partition coefficient (Wildman–Crippen LogP) is 1.76. The molecule has 1 unspecified atom stereocenters. The summed E-state index contributed by atoms with van der Waals surface area (Å²) in [5.74, 6) is 0.335. The lowest BCUT2D eigenvalue weighted by Crippen LogP contribution is -2.13. The highest BCUT2D eigenvalue weighted by Crippen LogP contribution is 2.20. The zero-order valence-electron chi connectivity index (χ0n) is 8.35. The van der Waals surface area contributed by atoms with Crippen LogP contribution < -0.4 is 0 Å². The monoisotopic (exact) mass is 190 g/mol. The fourth-order valence-electron chi connectivity index (χ4n) is 0.813. The van der Waals surface area contributed by atoms with Gasteiger partial charge in [0.25, 0.3) is 0 Å². The lowest BCUT2D eigenvalue weighted by Gasteiger charge is -2.16. The zero-order chi connectivity index (χ0) is 9.78. The summed E-state index contributed by atoms with van der Waals surface area (Å²) in [7, 11) is -0.973. The zero-order valence-corrected chi connectivity index (χ0v) is 9.16. The van der Waals surface area contributed by atoms with Crippen LogP contribution in [0.2, 0.25) is 0 Å². The van der Waals surface area contributed by atoms with E-state index in [0.29, 0.717) is 6.42 Å². The molecule has 1 atom stereocenters. The van der Waals surface area contributed by atoms with E-state index in [1.807, 2.05) is 0 Å². The van der Waals surface area contributed by atoms with Crippen molar-refractivity contribution < 1.29 is 9.00 Å². The maximum atomic E-state index is 11.1. The number of hydrogen-bond donors (Lipinski definition) is 0. The first kappa shape index (κ1) is 11.8. The molecule has 0 heterocycles. The van der Waals surface area contributed by atoms with E-state index >= 15 is 0 Å². The topological polar surface area (TPSA) is 34.1 Å². The van der Waals surface area contributed by atoms with E-state index < -0.39 is 10.8 Å². The molecule has 0 aliphatic rings. The fraction of sp³-hybridized carbons (Fsp3) is 0.889. The summed E-state index contributed by atoms with van der Waals surface area (Å²) in [4.78, 5) is 11.1. The molecule has 0 spiro atoms. The summed E-state index contributed by atoms with van der Waals surface area (Å²) in [6, 6.07) is 0. The first-order chi connectivity index (χ1) is 5.31. The van der Waals surface area contributed by atoms with Crippen molar-refractivity contribution in [3.8, 4) is 0 Å². The predicted molar refractivity (Wildman–Crippen MR) is 52.6 cm³/mol. The molecular formula is C9H18O2S. The minimum atomic E-state index is -0.973. The van der Waals surface area contributed by atoms with E-state index in [0.717, 1.165) is 6.42 Å². The smallest absolute Gasteiger partial charge is 0.145 e. The molecule has 0 aliphatic heterocycles. The van der Waals surface area contributed by atoms with Gasteiger partial charge in [-0.25, -0.2) is 0 Å². The Morgan fingerprint density at radius 3 is 2.17 bits per heavy atom. The number of carbonyl (C=O) groups is 1. The standard InChI is InChI=1S/C9H18O2S/c1-9(2,3)6-5-8(10)7-12(4)11/h5-7H2,1-4H3. The summed E-state index contributed by atoms with van der Waals surface area (Å²) >= 11 is 0. The van der Waals surface area contributed by atoms with Crippen LogP contribution in [0.25, 0.3) is 0 Å². The third-order valence-corrected chi connectivity index (χ3v) is 2.25. The number of ketones is 1. The van der Waals surface area contributed by atoms with Crippen molar-refractivity contribution in [1.29, 1.82) is 0 Å². The van der Waals surface area contributed by atoms with Crippen LogP contribution in [0.4, 0.5) is 0 Å². The molecule has 0 aromatic heterocycles. The summed E-state index contributed by atoms with van der Waals surface area (Å²) in [6.45, 7) is 6.30. The van der Waals surface area contributed by atoms with Gasteiger partial charge in [0.15, 0.2) is 0 Å². The maximum absolute atomic E-state index is 11.1. The van der Waals surface area contributed by atoms with Crippen molar-refractivity contribution in [3.63, 3.8) is 0 Å². The lowest BCUT2D eigenvalue weighted by atomic mass is 9.90. The van der Waals surface area contributed by atoms with Gasteiger partial charge in [-0.05, 0) is 11.8 Å². The summed E-state index contributed by atoms with van der Waals surface area (Å²) in [5.41, 5.74) is 0.199. The Bertz CT molecular complexity index is 179. The molecule has 72 valence electrons. The van der Waals surface area contributed by atoms with E-state index in [9.17, 15) is 9.00 Å². The van der Waals surface area contributed by atoms with Crippen molar-refractivity contribution in [3.05, 3.63) is 0 Å². The van der Waals surface area contributed by atoms with Crippen LogP contribution in [0.15, 0.2) is 0 Å². The average molecular weight is 190 g/mol. The third-order valence-electron chi connectivity index (χ3n) is 1.52. The first-order valence-electron chi connectivity index (χ1n) is 4.13. The van der Waals surface area contributed by atoms with E-state index in [4.69, 9.17) is 0 Å². The molecule has 0 bridgehead atoms. The fourth-order valence-corrected chi connectivity index (χ4v) is 1.41. The van der Waals surface area contributed by atoms with Gasteiger partial charge in [-0.15, -0.1) is 0 Å². The highest BCUT2D eigenvalue weighted by Gasteiger charge is 2.13. The van der Waals surface area contributed by atoms with Crippen LogP contribution in [0.5, 0.6) is 0 Å². The average Bonchev–Trinajstić information content (AvgIpc) is 1.80. The molecule has 2 nitrogen and oxygen atoms in total. The van der Waals surface area contributed by atoms with E-state index in [1.165, 1.54) is 0 Å². The molecule has 12 heavy (non-hydrogen) atoms. The van der Waals surface area contributed by atoms with Crippen LogP contribution in [0.1, 0.15) is 33.6 Å². The minimum Gasteiger partial charge on any atom is -0.299 e. The van der Waals surface area contributed by atoms with Crippen molar-refractivity contribution in [2.45, 2.75) is 33.6 Å². The van der Waals surface area contributed by atoms with Gasteiger partial charge in [-0.3, -0.25) is 9.00 Å². The maximum Gasteiger partial charge on any atom is 0.145 e. The molecule has 3 heteroatoms. The first-order valence-corrected chi connectivity index (χ1v) is 5.86. The molecule has 0 aromatic carbocycles. The molecule has 0 aromatic rings. The van der Waals surface area contributed by atoms with Crippen molar-refractivity contribution in [2.75, 3.05) is 12.0 Å². The Kier molecular flexibility index (Phi) is 4.68. The van der Waals surface area contributed by atoms with Gasteiger partial charge in [0, 0.05) is 23.5 Å². The van der Waals surface area contributed by atoms with Gasteiger partial charge in [0.1, 0.15) is 5.78 Å². The number of Topliss-reactive ketones (excluding diaryl/α,β-unsaturated/α-hetero) is 1. The normalized spacial score (nSPS) is 14.3. The lowest BCUT2D eigenvalue weighted by molar-refractivity contribution is -0.117. The van der Waals surface area contributed by atoms with Crippen LogP contribution >= 0.6 is 0 Å². The molecule has 0 saturated heterocycles. The number of carbonyl (C=O) groups excluding carboxylic acids is 1. The molecule has 0 saturated carbocycles. The van der Waals surface area contributed by atoms with Crippen LogP contribution in [-0.4, -0.2) is 22.0 Å². The molecular weight excluding hydrogens is 172 g/mol. The van der Waals surface area contributed by atoms with E-state index in [1.54, 1.807) is 6.26 Å². The Morgan fingerprint density at radius 2 is 1.83 bits per heavy atom. The van der Waals surface area contributed by atoms with Crippen molar-refractivity contribution >= 4 is 16.6 Å². The summed E-state index contributed by atoms with van der Waals surface area (Å²) < 4.78 is 10.7. The van der Waals surface area contributed by atoms with E-state index in [2.05, 4.69) is 20.8 Å². The highest BCUT2D eigenvalue weighted by atomic mass is 32.2. The molecule has 0 fully saturated rings. The Morgan fingerprint density at radius 1 is 1.33 bits per heavy atom. The van der Waals surface area contributed by atoms with Gasteiger partial charge >= 0.3 is 0 Å². The van der Waals surface area contributed by atoms with Gasteiger partial charge in [-0.1, -0.05) is 20.8 Å². The van der Waals surface area contributed by atoms with Gasteiger partial charge in [0.2, 0.25) is 0 Å². The third kappa shape index (κ3) is 7.92. The molecule has 0 rings (SSSR count). The van der Waals surface area contributed by atoms with Crippen molar-refractivity contribution in [2.24, 2.45) is 5.41 Å². The summed E-state index contributed by atoms with van der Waals surface area (Å²) in [6.07, 6.45) is 3.00. The van der Waals surface area contributed by atoms with Gasteiger partial charge < -0.3 is 0 Å². The Labute approximate surface area is 77.2 Å². The quantitative estimate of drug-likeness (QED) is 0.677. The minimum absolute atomic E-state index is 0.116. The second-order valence-electron chi connectivity index (χ2n) is 4.32. The molecule has 0 aliphatic carbocycles. The Balaban J connectivity index is 3.65. The second kappa shape index (κ2) is 4.75. The largest absolute Gasteiger partial charge is 0.299 e. The SMILES string of the molecule is CS(=O)CC(=O)CCC(C)(C)C. The van der Waals surface area contributed by atoms with Crippen LogP contribution in [-0.2, 0) is 15.6 Å². The van der Waals surface area contributed by atoms with Gasteiger partial charge in [-0.2, -0.15) is 0 Å². The van der Waals surface area contributed by atoms with Gasteiger partial charge in [0.05, 0.1) is 5.75 Å². The number of hydrogen-bond acceptors (Lipinski definition) is 2. The second-order valence-corrected chi connectivity index (χ2v) is 5.75. The van der Waals surface area contributed by atoms with Crippen molar-refractivity contribution in [1.82, 2.24) is 0 Å². The number of rotatable bonds is 4. The Hall–Kier alpha value is -0.180. The highest BCUT2D eigenvalue weighted by molar-refractivity contribution is 7.85. The van der Waals surface area contributed by atoms with Crippen LogP contribution in [0.3, 0.4) is 0 Å². The molecule has 0 radical (unpaired) electrons. The molecule has 0 amide bonds. The van der Waals surface area contributed by atoms with E-state index in [-0.39, 0.29) is 17.0 Å². The van der Waals surface area contributed by atoms with Crippen LogP contribution in [0, 0.1) is 5.41 Å². The summed E-state index contributed by atoms with van der Waals surface area (Å²) in [5, 5.41) is 0. The molecule has 0 N–H and O–H groups in total.